The highest BCUT2D eigenvalue weighted by molar-refractivity contribution is 7.15. The van der Waals surface area contributed by atoms with Gasteiger partial charge in [0.1, 0.15) is 7.11 Å². The van der Waals surface area contributed by atoms with Crippen LogP contribution in [0.2, 0.25) is 0 Å². The molecule has 1 N–H and O–H groups in total. The summed E-state index contributed by atoms with van der Waals surface area (Å²) in [6.45, 7) is 4.41. The van der Waals surface area contributed by atoms with Crippen LogP contribution >= 0.6 is 11.3 Å². The molecule has 2 aromatic rings. The van der Waals surface area contributed by atoms with Gasteiger partial charge in [0.15, 0.2) is 5.13 Å². The Morgan fingerprint density at radius 2 is 2.19 bits per heavy atom. The molecule has 1 aromatic carbocycles. The van der Waals surface area contributed by atoms with Crippen LogP contribution in [0.3, 0.4) is 0 Å². The fourth-order valence-electron chi connectivity index (χ4n) is 7.03. The second-order valence-corrected chi connectivity index (χ2v) is 11.3. The van der Waals surface area contributed by atoms with Crippen LogP contribution in [0.4, 0.5) is 5.13 Å². The summed E-state index contributed by atoms with van der Waals surface area (Å²) in [7, 11) is 1.66. The van der Waals surface area contributed by atoms with Gasteiger partial charge in [0, 0.05) is 22.9 Å². The number of nitrogens with one attached hydrogen (secondary N) is 1. The minimum atomic E-state index is 0.0690. The maximum atomic E-state index is 12.7. The van der Waals surface area contributed by atoms with E-state index in [1.54, 1.807) is 18.9 Å². The highest BCUT2D eigenvalue weighted by Crippen LogP contribution is 2.62. The number of amides is 1. The van der Waals surface area contributed by atoms with Gasteiger partial charge in [0.05, 0.1) is 5.71 Å². The van der Waals surface area contributed by atoms with E-state index in [1.165, 1.54) is 35.5 Å². The first-order valence-corrected chi connectivity index (χ1v) is 12.7. The normalized spacial score (nSPS) is 32.2. The second-order valence-electron chi connectivity index (χ2n) is 10.0. The molecule has 0 bridgehead atoms. The maximum absolute atomic E-state index is 12.7. The third-order valence-electron chi connectivity index (χ3n) is 8.32. The molecule has 5 atom stereocenters. The fourth-order valence-corrected chi connectivity index (χ4v) is 7.71. The average Bonchev–Trinajstić information content (AvgIpc) is 3.32. The number of oxime groups is 1. The van der Waals surface area contributed by atoms with Gasteiger partial charge in [0.2, 0.25) is 5.91 Å². The SMILES string of the molecule is CO/N=C1\C[C@@H](CCC(=O)Nc2ncc(C)s2)C2C3CCc4ccccc4C3CC[C@]12C. The van der Waals surface area contributed by atoms with Crippen molar-refractivity contribution in [3.8, 4) is 0 Å². The first-order chi connectivity index (χ1) is 15.5. The fraction of sp³-hybridized carbons (Fsp3) is 0.577. The van der Waals surface area contributed by atoms with Crippen LogP contribution in [0.1, 0.15) is 67.4 Å². The molecular weight excluding hydrogens is 418 g/mol. The molecule has 5 nitrogen and oxygen atoms in total. The number of rotatable bonds is 5. The molecule has 1 heterocycles. The van der Waals surface area contributed by atoms with E-state index in [-0.39, 0.29) is 11.3 Å². The average molecular weight is 452 g/mol. The maximum Gasteiger partial charge on any atom is 0.226 e. The van der Waals surface area contributed by atoms with E-state index in [9.17, 15) is 4.79 Å². The molecule has 5 rings (SSSR count). The highest BCUT2D eigenvalue weighted by Gasteiger charge is 2.57. The van der Waals surface area contributed by atoms with Crippen molar-refractivity contribution in [2.24, 2.45) is 28.3 Å². The lowest BCUT2D eigenvalue weighted by molar-refractivity contribution is -0.116. The van der Waals surface area contributed by atoms with Crippen molar-refractivity contribution in [1.29, 1.82) is 0 Å². The van der Waals surface area contributed by atoms with Crippen molar-refractivity contribution in [3.05, 3.63) is 46.5 Å². The quantitative estimate of drug-likeness (QED) is 0.571. The zero-order valence-corrected chi connectivity index (χ0v) is 20.1. The van der Waals surface area contributed by atoms with E-state index >= 15 is 0 Å². The lowest BCUT2D eigenvalue weighted by Crippen LogP contribution is -2.44. The van der Waals surface area contributed by atoms with E-state index < -0.39 is 0 Å². The van der Waals surface area contributed by atoms with Gasteiger partial charge in [-0.2, -0.15) is 0 Å². The Morgan fingerprint density at radius 3 is 2.97 bits per heavy atom. The predicted octanol–water partition coefficient (Wildman–Crippen LogP) is 5.96. The molecule has 3 aliphatic carbocycles. The zero-order chi connectivity index (χ0) is 22.3. The monoisotopic (exact) mass is 451 g/mol. The molecule has 0 aliphatic heterocycles. The van der Waals surface area contributed by atoms with E-state index in [4.69, 9.17) is 4.84 Å². The summed E-state index contributed by atoms with van der Waals surface area (Å²) in [4.78, 5) is 23.3. The number of hydrogen-bond donors (Lipinski definition) is 1. The number of anilines is 1. The number of aryl methyl sites for hydroxylation is 2. The number of fused-ring (bicyclic) bond motifs is 5. The van der Waals surface area contributed by atoms with Crippen molar-refractivity contribution in [3.63, 3.8) is 0 Å². The minimum absolute atomic E-state index is 0.0690. The number of aromatic nitrogens is 1. The Bertz CT molecular complexity index is 1030. The molecule has 1 aromatic heterocycles. The van der Waals surface area contributed by atoms with E-state index in [2.05, 4.69) is 46.6 Å². The van der Waals surface area contributed by atoms with E-state index in [1.807, 2.05) is 6.92 Å². The molecule has 3 unspecified atom stereocenters. The Kier molecular flexibility index (Phi) is 5.82. The first-order valence-electron chi connectivity index (χ1n) is 11.9. The van der Waals surface area contributed by atoms with Gasteiger partial charge in [-0.3, -0.25) is 4.79 Å². The second kappa shape index (κ2) is 8.62. The lowest BCUT2D eigenvalue weighted by atomic mass is 9.54. The van der Waals surface area contributed by atoms with Gasteiger partial charge in [-0.15, -0.1) is 11.3 Å². The van der Waals surface area contributed by atoms with Gasteiger partial charge < -0.3 is 10.2 Å². The van der Waals surface area contributed by atoms with Crippen molar-refractivity contribution >= 4 is 28.1 Å². The largest absolute Gasteiger partial charge is 0.399 e. The summed E-state index contributed by atoms with van der Waals surface area (Å²) < 4.78 is 0. The molecule has 6 heteroatoms. The molecule has 3 aliphatic rings. The topological polar surface area (TPSA) is 63.6 Å². The first kappa shape index (κ1) is 21.6. The third kappa shape index (κ3) is 3.76. The number of carbonyl (C=O) groups is 1. The molecule has 2 fully saturated rings. The van der Waals surface area contributed by atoms with Crippen molar-refractivity contribution < 1.29 is 9.63 Å². The van der Waals surface area contributed by atoms with Gasteiger partial charge >= 0.3 is 0 Å². The van der Waals surface area contributed by atoms with E-state index in [0.717, 1.165) is 30.6 Å². The van der Waals surface area contributed by atoms with Crippen LogP contribution in [0.5, 0.6) is 0 Å². The summed E-state index contributed by atoms with van der Waals surface area (Å²) in [5.41, 5.74) is 4.40. The molecule has 32 heavy (non-hydrogen) atoms. The summed E-state index contributed by atoms with van der Waals surface area (Å²) in [5, 5.41) is 8.21. The summed E-state index contributed by atoms with van der Waals surface area (Å²) in [6.07, 6.45) is 8.95. The molecule has 2 saturated carbocycles. The third-order valence-corrected chi connectivity index (χ3v) is 9.15. The van der Waals surface area contributed by atoms with Crippen LogP contribution < -0.4 is 5.32 Å². The van der Waals surface area contributed by atoms with Crippen LogP contribution in [-0.2, 0) is 16.1 Å². The summed E-state index contributed by atoms with van der Waals surface area (Å²) in [6, 6.07) is 9.04. The smallest absolute Gasteiger partial charge is 0.226 e. The van der Waals surface area contributed by atoms with Gasteiger partial charge in [0.25, 0.3) is 0 Å². The zero-order valence-electron chi connectivity index (χ0n) is 19.3. The lowest BCUT2D eigenvalue weighted by Gasteiger charge is -2.50. The van der Waals surface area contributed by atoms with E-state index in [0.29, 0.717) is 35.2 Å². The minimum Gasteiger partial charge on any atom is -0.399 e. The Morgan fingerprint density at radius 1 is 1.34 bits per heavy atom. The van der Waals surface area contributed by atoms with Crippen LogP contribution in [0.25, 0.3) is 0 Å². The predicted molar refractivity (Wildman–Crippen MR) is 129 cm³/mol. The number of thiazole rings is 1. The summed E-state index contributed by atoms with van der Waals surface area (Å²) in [5.74, 6) is 2.38. The van der Waals surface area contributed by atoms with Crippen molar-refractivity contribution in [2.45, 2.75) is 64.7 Å². The Labute approximate surface area is 194 Å². The molecule has 170 valence electrons. The highest BCUT2D eigenvalue weighted by atomic mass is 32.1. The van der Waals surface area contributed by atoms with Gasteiger partial charge in [-0.05, 0) is 80.2 Å². The standard InChI is InChI=1S/C26H33N3O2S/c1-16-15-27-25(32-16)28-23(30)11-9-18-14-22(29-31-3)26(2)13-12-20-19-7-5-4-6-17(19)8-10-21(20)24(18)26/h4-7,15,18,20-21,24H,8-14H2,1-3H3,(H,27,28,30)/b29-22+/t18-,20?,21?,24?,26-/m1/s1. The van der Waals surface area contributed by atoms with Crippen LogP contribution in [0.15, 0.2) is 35.6 Å². The van der Waals surface area contributed by atoms with Crippen LogP contribution in [-0.4, -0.2) is 23.7 Å². The molecule has 1 amide bonds. The van der Waals surface area contributed by atoms with Crippen molar-refractivity contribution in [1.82, 2.24) is 4.98 Å². The molecular formula is C26H33N3O2S. The van der Waals surface area contributed by atoms with Crippen molar-refractivity contribution in [2.75, 3.05) is 12.4 Å². The Hall–Kier alpha value is -2.21. The molecule has 0 spiro atoms. The molecule has 0 radical (unpaired) electrons. The molecule has 0 saturated heterocycles. The van der Waals surface area contributed by atoms with Gasteiger partial charge in [-0.25, -0.2) is 4.98 Å². The summed E-state index contributed by atoms with van der Waals surface area (Å²) >= 11 is 1.53. The number of hydrogen-bond acceptors (Lipinski definition) is 5. The van der Waals surface area contributed by atoms with Crippen LogP contribution in [0, 0.1) is 30.1 Å². The Balaban J connectivity index is 1.37. The van der Waals surface area contributed by atoms with Gasteiger partial charge in [-0.1, -0.05) is 36.3 Å². The number of nitrogens with zero attached hydrogens (tertiary/aromatic N) is 2. The number of benzene rings is 1. The number of carbonyl (C=O) groups excluding carboxylic acids is 1.